The minimum Gasteiger partial charge on any atom is -0.497 e. The fraction of sp³-hybridized carbons (Fsp3) is 0.214. The number of aryl methyl sites for hydroxylation is 1. The van der Waals surface area contributed by atoms with E-state index in [9.17, 15) is 5.11 Å². The number of ether oxygens (including phenoxy) is 1. The molecule has 1 N–H and O–H groups in total. The van der Waals surface area contributed by atoms with Gasteiger partial charge in [0.1, 0.15) is 17.0 Å². The van der Waals surface area contributed by atoms with Crippen LogP contribution in [0.25, 0.3) is 0 Å². The number of hydrogen-bond donors (Lipinski definition) is 1. The molecule has 1 unspecified atom stereocenters. The largest absolute Gasteiger partial charge is 0.497 e. The molecule has 0 radical (unpaired) electrons. The molecule has 1 aromatic heterocycles. The highest BCUT2D eigenvalue weighted by Gasteiger charge is 2.13. The third-order valence-electron chi connectivity index (χ3n) is 2.84. The highest BCUT2D eigenvalue weighted by molar-refractivity contribution is 6.29. The van der Waals surface area contributed by atoms with Crippen LogP contribution in [0, 0.1) is 6.92 Å². The molecule has 0 saturated heterocycles. The van der Waals surface area contributed by atoms with Crippen molar-refractivity contribution in [1.29, 1.82) is 0 Å². The van der Waals surface area contributed by atoms with Gasteiger partial charge in [-0.15, -0.1) is 0 Å². The van der Waals surface area contributed by atoms with Gasteiger partial charge in [-0.1, -0.05) is 17.7 Å². The SMILES string of the molecule is COc1ccc(C(O)c2ccnc(Cl)c2)c(C)c1. The van der Waals surface area contributed by atoms with Crippen molar-refractivity contribution >= 4 is 11.6 Å². The van der Waals surface area contributed by atoms with Crippen LogP contribution < -0.4 is 4.74 Å². The smallest absolute Gasteiger partial charge is 0.129 e. The maximum absolute atomic E-state index is 10.3. The van der Waals surface area contributed by atoms with Crippen LogP contribution in [0.2, 0.25) is 5.15 Å². The predicted molar refractivity (Wildman–Crippen MR) is 71.0 cm³/mol. The quantitative estimate of drug-likeness (QED) is 0.865. The summed E-state index contributed by atoms with van der Waals surface area (Å²) >= 11 is 5.82. The van der Waals surface area contributed by atoms with Crippen LogP contribution in [-0.2, 0) is 0 Å². The Morgan fingerprint density at radius 2 is 2.06 bits per heavy atom. The molecule has 2 aromatic rings. The van der Waals surface area contributed by atoms with E-state index in [1.165, 1.54) is 0 Å². The molecule has 0 spiro atoms. The van der Waals surface area contributed by atoms with Gasteiger partial charge in [-0.3, -0.25) is 0 Å². The van der Waals surface area contributed by atoms with Crippen LogP contribution in [0.3, 0.4) is 0 Å². The van der Waals surface area contributed by atoms with E-state index >= 15 is 0 Å². The number of rotatable bonds is 3. The van der Waals surface area contributed by atoms with Crippen molar-refractivity contribution in [3.05, 3.63) is 58.4 Å². The molecule has 0 aliphatic rings. The lowest BCUT2D eigenvalue weighted by Crippen LogP contribution is -2.02. The number of aromatic nitrogens is 1. The van der Waals surface area contributed by atoms with Gasteiger partial charge in [-0.2, -0.15) is 0 Å². The van der Waals surface area contributed by atoms with Crippen LogP contribution in [0.4, 0.5) is 0 Å². The van der Waals surface area contributed by atoms with Crippen molar-refractivity contribution in [2.75, 3.05) is 7.11 Å². The first kappa shape index (κ1) is 12.9. The number of aliphatic hydroxyl groups is 1. The van der Waals surface area contributed by atoms with E-state index in [4.69, 9.17) is 16.3 Å². The summed E-state index contributed by atoms with van der Waals surface area (Å²) in [6, 6.07) is 8.99. The number of benzene rings is 1. The Kier molecular flexibility index (Phi) is 3.84. The van der Waals surface area contributed by atoms with E-state index in [1.807, 2.05) is 25.1 Å². The average molecular weight is 264 g/mol. The summed E-state index contributed by atoms with van der Waals surface area (Å²) in [6.45, 7) is 1.93. The van der Waals surface area contributed by atoms with Gasteiger partial charge in [0.25, 0.3) is 0 Å². The number of nitrogens with zero attached hydrogens (tertiary/aromatic N) is 1. The second-order valence-electron chi connectivity index (χ2n) is 4.04. The molecule has 0 aliphatic carbocycles. The molecule has 0 amide bonds. The van der Waals surface area contributed by atoms with Crippen LogP contribution in [0.5, 0.6) is 5.75 Å². The molecule has 2 rings (SSSR count). The molecule has 0 aliphatic heterocycles. The Labute approximate surface area is 111 Å². The summed E-state index contributed by atoms with van der Waals surface area (Å²) in [5, 5.41) is 10.7. The van der Waals surface area contributed by atoms with Crippen LogP contribution in [-0.4, -0.2) is 17.2 Å². The van der Waals surface area contributed by atoms with Crippen LogP contribution in [0.15, 0.2) is 36.5 Å². The first-order chi connectivity index (χ1) is 8.61. The van der Waals surface area contributed by atoms with E-state index in [0.29, 0.717) is 5.15 Å². The van der Waals surface area contributed by atoms with E-state index in [2.05, 4.69) is 4.98 Å². The normalized spacial score (nSPS) is 12.2. The lowest BCUT2D eigenvalue weighted by molar-refractivity contribution is 0.219. The molecule has 1 atom stereocenters. The summed E-state index contributed by atoms with van der Waals surface area (Å²) in [5.74, 6) is 0.774. The molecule has 0 fully saturated rings. The molecular weight excluding hydrogens is 250 g/mol. The van der Waals surface area contributed by atoms with E-state index in [-0.39, 0.29) is 0 Å². The number of aliphatic hydroxyl groups excluding tert-OH is 1. The zero-order valence-electron chi connectivity index (χ0n) is 10.2. The van der Waals surface area contributed by atoms with E-state index < -0.39 is 6.10 Å². The maximum atomic E-state index is 10.3. The van der Waals surface area contributed by atoms with Gasteiger partial charge in [-0.25, -0.2) is 4.98 Å². The molecule has 3 nitrogen and oxygen atoms in total. The molecule has 1 aromatic carbocycles. The Balaban J connectivity index is 2.37. The van der Waals surface area contributed by atoms with Gasteiger partial charge in [0, 0.05) is 6.20 Å². The highest BCUT2D eigenvalue weighted by atomic mass is 35.5. The number of methoxy groups -OCH3 is 1. The topological polar surface area (TPSA) is 42.4 Å². The fourth-order valence-corrected chi connectivity index (χ4v) is 2.03. The lowest BCUT2D eigenvalue weighted by Gasteiger charge is -2.15. The predicted octanol–water partition coefficient (Wildman–Crippen LogP) is 3.13. The summed E-state index contributed by atoms with van der Waals surface area (Å²) < 4.78 is 5.14. The number of hydrogen-bond acceptors (Lipinski definition) is 3. The minimum absolute atomic E-state index is 0.373. The second kappa shape index (κ2) is 5.38. The van der Waals surface area contributed by atoms with Crippen LogP contribution in [0.1, 0.15) is 22.8 Å². The average Bonchev–Trinajstić information content (AvgIpc) is 2.37. The fourth-order valence-electron chi connectivity index (χ4n) is 1.85. The van der Waals surface area contributed by atoms with Gasteiger partial charge in [-0.05, 0) is 47.9 Å². The molecule has 94 valence electrons. The molecule has 0 bridgehead atoms. The van der Waals surface area contributed by atoms with E-state index in [0.717, 1.165) is 22.4 Å². The van der Waals surface area contributed by atoms with Crippen molar-refractivity contribution < 1.29 is 9.84 Å². The third-order valence-corrected chi connectivity index (χ3v) is 3.04. The highest BCUT2D eigenvalue weighted by Crippen LogP contribution is 2.28. The second-order valence-corrected chi connectivity index (χ2v) is 4.42. The Morgan fingerprint density at radius 3 is 2.67 bits per heavy atom. The summed E-state index contributed by atoms with van der Waals surface area (Å²) in [6.07, 6.45) is 0.871. The summed E-state index contributed by atoms with van der Waals surface area (Å²) in [4.78, 5) is 3.90. The zero-order chi connectivity index (χ0) is 13.1. The summed E-state index contributed by atoms with van der Waals surface area (Å²) in [5.41, 5.74) is 2.52. The third kappa shape index (κ3) is 2.63. The van der Waals surface area contributed by atoms with Gasteiger partial charge in [0.2, 0.25) is 0 Å². The van der Waals surface area contributed by atoms with Crippen molar-refractivity contribution in [2.45, 2.75) is 13.0 Å². The number of halogens is 1. The molecule has 1 heterocycles. The minimum atomic E-state index is -0.712. The van der Waals surface area contributed by atoms with E-state index in [1.54, 1.807) is 25.4 Å². The van der Waals surface area contributed by atoms with Gasteiger partial charge in [0.05, 0.1) is 7.11 Å². The first-order valence-electron chi connectivity index (χ1n) is 5.56. The molecular formula is C14H14ClNO2. The molecule has 4 heteroatoms. The molecule has 0 saturated carbocycles. The van der Waals surface area contributed by atoms with Gasteiger partial charge < -0.3 is 9.84 Å². The van der Waals surface area contributed by atoms with Gasteiger partial charge >= 0.3 is 0 Å². The number of pyridine rings is 1. The monoisotopic (exact) mass is 263 g/mol. The van der Waals surface area contributed by atoms with Crippen molar-refractivity contribution in [3.63, 3.8) is 0 Å². The van der Waals surface area contributed by atoms with Crippen molar-refractivity contribution in [2.24, 2.45) is 0 Å². The Hall–Kier alpha value is -1.58. The lowest BCUT2D eigenvalue weighted by atomic mass is 9.98. The van der Waals surface area contributed by atoms with Gasteiger partial charge in [0.15, 0.2) is 0 Å². The van der Waals surface area contributed by atoms with Crippen molar-refractivity contribution in [1.82, 2.24) is 4.98 Å². The maximum Gasteiger partial charge on any atom is 0.129 e. The van der Waals surface area contributed by atoms with Crippen molar-refractivity contribution in [3.8, 4) is 5.75 Å². The van der Waals surface area contributed by atoms with Crippen LogP contribution >= 0.6 is 11.6 Å². The molecule has 18 heavy (non-hydrogen) atoms. The Bertz CT molecular complexity index is 557. The Morgan fingerprint density at radius 1 is 1.28 bits per heavy atom. The summed E-state index contributed by atoms with van der Waals surface area (Å²) in [7, 11) is 1.62. The standard InChI is InChI=1S/C14H14ClNO2/c1-9-7-11(18-2)3-4-12(9)14(17)10-5-6-16-13(15)8-10/h3-8,14,17H,1-2H3. The zero-order valence-corrected chi connectivity index (χ0v) is 11.0. The first-order valence-corrected chi connectivity index (χ1v) is 5.93.